The monoisotopic (exact) mass is 477 g/mol. The quantitative estimate of drug-likeness (QED) is 0.461. The Kier molecular flexibility index (Phi) is 7.79. The van der Waals surface area contributed by atoms with Gasteiger partial charge in [0.2, 0.25) is 5.88 Å². The van der Waals surface area contributed by atoms with Crippen molar-refractivity contribution in [3.8, 4) is 11.6 Å². The van der Waals surface area contributed by atoms with Crippen molar-refractivity contribution < 1.29 is 22.7 Å². The van der Waals surface area contributed by atoms with Crippen LogP contribution in [0.3, 0.4) is 0 Å². The van der Waals surface area contributed by atoms with Crippen LogP contribution in [0.15, 0.2) is 36.9 Å². The summed E-state index contributed by atoms with van der Waals surface area (Å²) in [7, 11) is 0. The van der Waals surface area contributed by atoms with Crippen LogP contribution in [0, 0.1) is 6.92 Å². The summed E-state index contributed by atoms with van der Waals surface area (Å²) >= 11 is 0. The minimum absolute atomic E-state index is 0.0445. The molecule has 0 aliphatic carbocycles. The predicted molar refractivity (Wildman–Crippen MR) is 116 cm³/mol. The summed E-state index contributed by atoms with van der Waals surface area (Å²) in [4.78, 5) is 28.2. The highest BCUT2D eigenvalue weighted by molar-refractivity contribution is 5.96. The minimum Gasteiger partial charge on any atom is -0.471 e. The van der Waals surface area contributed by atoms with Crippen molar-refractivity contribution in [3.05, 3.63) is 54.0 Å². The lowest BCUT2D eigenvalue weighted by molar-refractivity contribution is -0.141. The van der Waals surface area contributed by atoms with Crippen molar-refractivity contribution in [2.24, 2.45) is 0 Å². The summed E-state index contributed by atoms with van der Waals surface area (Å²) < 4.78 is 44.3. The molecule has 0 saturated carbocycles. The fourth-order valence-electron chi connectivity index (χ4n) is 3.67. The van der Waals surface area contributed by atoms with Crippen molar-refractivity contribution in [1.82, 2.24) is 34.8 Å². The number of aryl methyl sites for hydroxylation is 1. The fourth-order valence-corrected chi connectivity index (χ4v) is 3.67. The molecule has 0 fully saturated rings. The average Bonchev–Trinajstić information content (AvgIpc) is 3.35. The van der Waals surface area contributed by atoms with Gasteiger partial charge in [0, 0.05) is 12.2 Å². The number of rotatable bonds is 9. The number of carbonyl (C=O) groups excluding carboxylic acids is 1. The lowest BCUT2D eigenvalue weighted by atomic mass is 10.0. The molecule has 0 aromatic carbocycles. The van der Waals surface area contributed by atoms with Gasteiger partial charge in [0.05, 0.1) is 30.8 Å². The van der Waals surface area contributed by atoms with E-state index in [0.29, 0.717) is 37.0 Å². The van der Waals surface area contributed by atoms with Crippen LogP contribution in [-0.4, -0.2) is 59.4 Å². The van der Waals surface area contributed by atoms with Gasteiger partial charge < -0.3 is 9.64 Å². The van der Waals surface area contributed by atoms with Crippen LogP contribution in [-0.2, 0) is 6.18 Å². The molecule has 0 radical (unpaired) electrons. The maximum atomic E-state index is 13.7. The minimum atomic E-state index is -4.59. The molecular weight excluding hydrogens is 451 g/mol. The summed E-state index contributed by atoms with van der Waals surface area (Å²) in [5.41, 5.74) is 0.194. The Bertz CT molecular complexity index is 1090. The van der Waals surface area contributed by atoms with E-state index in [2.05, 4.69) is 25.1 Å². The first-order valence-electron chi connectivity index (χ1n) is 10.9. The second-order valence-electron chi connectivity index (χ2n) is 7.51. The molecule has 0 N–H and O–H groups in total. The topological polar surface area (TPSA) is 98.9 Å². The van der Waals surface area contributed by atoms with Gasteiger partial charge in [-0.15, -0.1) is 4.80 Å². The molecule has 3 aromatic heterocycles. The molecule has 3 heterocycles. The largest absolute Gasteiger partial charge is 0.471 e. The molecule has 12 heteroatoms. The van der Waals surface area contributed by atoms with Crippen LogP contribution in [0.1, 0.15) is 55.5 Å². The first-order chi connectivity index (χ1) is 16.2. The Morgan fingerprint density at radius 2 is 1.79 bits per heavy atom. The van der Waals surface area contributed by atoms with Gasteiger partial charge in [-0.1, -0.05) is 13.8 Å². The SMILES string of the molecule is CCC(Oc1cnc(C(F)(F)F)cn1)C(CC)N(CC)C(=O)c1nc(C)ccc1-n1nccn1. The molecule has 34 heavy (non-hydrogen) atoms. The molecular formula is C22H26F3N7O2. The molecule has 3 aromatic rings. The first-order valence-corrected chi connectivity index (χ1v) is 10.9. The number of likely N-dealkylation sites (N-methyl/N-ethyl adjacent to an activating group) is 1. The lowest BCUT2D eigenvalue weighted by Gasteiger charge is -2.35. The van der Waals surface area contributed by atoms with Crippen LogP contribution >= 0.6 is 0 Å². The van der Waals surface area contributed by atoms with E-state index in [1.54, 1.807) is 24.0 Å². The zero-order valence-electron chi connectivity index (χ0n) is 19.3. The van der Waals surface area contributed by atoms with E-state index < -0.39 is 24.0 Å². The summed E-state index contributed by atoms with van der Waals surface area (Å²) in [6, 6.07) is 3.10. The number of hydrogen-bond acceptors (Lipinski definition) is 7. The number of aromatic nitrogens is 6. The van der Waals surface area contributed by atoms with Gasteiger partial charge in [-0.05, 0) is 38.8 Å². The Morgan fingerprint density at radius 1 is 1.09 bits per heavy atom. The number of nitrogens with zero attached hydrogens (tertiary/aromatic N) is 7. The molecule has 2 atom stereocenters. The van der Waals surface area contributed by atoms with Crippen molar-refractivity contribution in [3.63, 3.8) is 0 Å². The normalized spacial score (nSPS) is 13.4. The third-order valence-electron chi connectivity index (χ3n) is 5.29. The number of alkyl halides is 3. The molecule has 182 valence electrons. The zero-order valence-corrected chi connectivity index (χ0v) is 19.3. The Labute approximate surface area is 195 Å². The van der Waals surface area contributed by atoms with Gasteiger partial charge >= 0.3 is 6.18 Å². The highest BCUT2D eigenvalue weighted by Crippen LogP contribution is 2.28. The zero-order chi connectivity index (χ0) is 24.9. The number of ether oxygens (including phenoxy) is 1. The molecule has 0 spiro atoms. The first kappa shape index (κ1) is 25.1. The van der Waals surface area contributed by atoms with Crippen LogP contribution in [0.25, 0.3) is 5.69 Å². The van der Waals surface area contributed by atoms with E-state index in [9.17, 15) is 18.0 Å². The number of hydrogen-bond donors (Lipinski definition) is 0. The summed E-state index contributed by atoms with van der Waals surface area (Å²) in [6.07, 6.45) is 0.489. The van der Waals surface area contributed by atoms with E-state index >= 15 is 0 Å². The molecule has 0 aliphatic rings. The van der Waals surface area contributed by atoms with Gasteiger partial charge in [-0.25, -0.2) is 15.0 Å². The van der Waals surface area contributed by atoms with Crippen LogP contribution < -0.4 is 4.74 Å². The number of carbonyl (C=O) groups is 1. The van der Waals surface area contributed by atoms with Crippen LogP contribution in [0.2, 0.25) is 0 Å². The van der Waals surface area contributed by atoms with Crippen molar-refractivity contribution in [2.45, 2.75) is 58.9 Å². The number of amides is 1. The van der Waals surface area contributed by atoms with E-state index in [0.717, 1.165) is 6.20 Å². The molecule has 0 saturated heterocycles. The smallest absolute Gasteiger partial charge is 0.434 e. The van der Waals surface area contributed by atoms with E-state index in [-0.39, 0.29) is 17.5 Å². The molecule has 1 amide bonds. The molecule has 0 aliphatic heterocycles. The standard InChI is InChI=1S/C22H26F3N7O2/c1-5-15(17(6-2)34-19-13-26-18(12-27-19)22(23,24)25)31(7-3)21(33)20-16(9-8-14(4)30-20)32-28-10-11-29-32/h8-13,15,17H,5-7H2,1-4H3. The lowest BCUT2D eigenvalue weighted by Crippen LogP contribution is -2.49. The molecule has 0 bridgehead atoms. The summed E-state index contributed by atoms with van der Waals surface area (Å²) in [6.45, 7) is 7.76. The predicted octanol–water partition coefficient (Wildman–Crippen LogP) is 3.88. The third-order valence-corrected chi connectivity index (χ3v) is 5.29. The van der Waals surface area contributed by atoms with Crippen molar-refractivity contribution >= 4 is 5.91 Å². The van der Waals surface area contributed by atoms with Crippen LogP contribution in [0.5, 0.6) is 5.88 Å². The van der Waals surface area contributed by atoms with Crippen LogP contribution in [0.4, 0.5) is 13.2 Å². The van der Waals surface area contributed by atoms with Gasteiger partial charge in [-0.3, -0.25) is 4.79 Å². The van der Waals surface area contributed by atoms with Gasteiger partial charge in [0.15, 0.2) is 11.4 Å². The summed E-state index contributed by atoms with van der Waals surface area (Å²) in [5, 5.41) is 8.23. The highest BCUT2D eigenvalue weighted by atomic mass is 19.4. The van der Waals surface area contributed by atoms with Crippen molar-refractivity contribution in [1.29, 1.82) is 0 Å². The Balaban J connectivity index is 1.89. The van der Waals surface area contributed by atoms with Crippen molar-refractivity contribution in [2.75, 3.05) is 6.54 Å². The molecule has 9 nitrogen and oxygen atoms in total. The highest BCUT2D eigenvalue weighted by Gasteiger charge is 2.34. The van der Waals surface area contributed by atoms with E-state index in [1.165, 1.54) is 17.2 Å². The molecule has 3 rings (SSSR count). The Morgan fingerprint density at radius 3 is 2.32 bits per heavy atom. The summed E-state index contributed by atoms with van der Waals surface area (Å²) in [5.74, 6) is -0.372. The van der Waals surface area contributed by atoms with E-state index in [4.69, 9.17) is 4.74 Å². The maximum absolute atomic E-state index is 13.7. The van der Waals surface area contributed by atoms with E-state index in [1.807, 2.05) is 20.8 Å². The number of halogens is 3. The Hall–Kier alpha value is -3.57. The van der Waals surface area contributed by atoms with Gasteiger partial charge in [0.1, 0.15) is 11.8 Å². The second-order valence-corrected chi connectivity index (χ2v) is 7.51. The average molecular weight is 477 g/mol. The van der Waals surface area contributed by atoms with Gasteiger partial charge in [-0.2, -0.15) is 23.4 Å². The fraction of sp³-hybridized carbons (Fsp3) is 0.455. The third kappa shape index (κ3) is 5.49. The maximum Gasteiger partial charge on any atom is 0.434 e. The number of pyridine rings is 1. The van der Waals surface area contributed by atoms with Gasteiger partial charge in [0.25, 0.3) is 5.91 Å². The second kappa shape index (κ2) is 10.6. The molecule has 2 unspecified atom stereocenters.